The van der Waals surface area contributed by atoms with Gasteiger partial charge >= 0.3 is 0 Å². The molecule has 0 bridgehead atoms. The van der Waals surface area contributed by atoms with Gasteiger partial charge in [0, 0.05) is 18.7 Å². The van der Waals surface area contributed by atoms with Crippen LogP contribution in [0.1, 0.15) is 39.4 Å². The van der Waals surface area contributed by atoms with Crippen LogP contribution in [0.25, 0.3) is 0 Å². The van der Waals surface area contributed by atoms with Gasteiger partial charge in [0.1, 0.15) is 11.2 Å². The molecule has 4 nitrogen and oxygen atoms in total. The van der Waals surface area contributed by atoms with E-state index in [9.17, 15) is 4.79 Å². The van der Waals surface area contributed by atoms with Gasteiger partial charge in [-0.1, -0.05) is 0 Å². The van der Waals surface area contributed by atoms with Crippen molar-refractivity contribution in [2.24, 2.45) is 5.41 Å². The summed E-state index contributed by atoms with van der Waals surface area (Å²) >= 11 is 0. The van der Waals surface area contributed by atoms with Gasteiger partial charge in [-0.25, -0.2) is 0 Å². The van der Waals surface area contributed by atoms with Crippen LogP contribution in [-0.4, -0.2) is 15.6 Å². The number of Topliss-reactive ketones (excluding diaryl/α,β-unsaturated/α-hetero) is 1. The molecule has 16 heavy (non-hydrogen) atoms. The van der Waals surface area contributed by atoms with Crippen LogP contribution in [0.2, 0.25) is 0 Å². The number of carbonyl (C=O) groups excluding carboxylic acids is 1. The number of nitrogens with zero attached hydrogens (tertiary/aromatic N) is 3. The van der Waals surface area contributed by atoms with E-state index in [1.807, 2.05) is 30.8 Å². The quantitative estimate of drug-likeness (QED) is 0.779. The second kappa shape index (κ2) is 4.48. The molecule has 0 aromatic carbocycles. The van der Waals surface area contributed by atoms with Gasteiger partial charge < -0.3 is 0 Å². The van der Waals surface area contributed by atoms with Gasteiger partial charge in [0.05, 0.1) is 11.8 Å². The molecule has 1 aromatic heterocycles. The van der Waals surface area contributed by atoms with Crippen LogP contribution in [0.4, 0.5) is 0 Å². The van der Waals surface area contributed by atoms with Gasteiger partial charge in [0.2, 0.25) is 0 Å². The standard InChI is InChI=1S/C12H17N3O/c1-9(2)15-6-5-11(14-15)7-12(4,8-13)10(3)16/h5-6,9H,7H2,1-4H3. The molecule has 0 saturated carbocycles. The Morgan fingerprint density at radius 1 is 1.69 bits per heavy atom. The van der Waals surface area contributed by atoms with Crippen LogP contribution in [-0.2, 0) is 11.2 Å². The Hall–Kier alpha value is -1.63. The average Bonchev–Trinajstić information content (AvgIpc) is 2.65. The number of hydrogen-bond acceptors (Lipinski definition) is 3. The molecule has 4 heteroatoms. The van der Waals surface area contributed by atoms with E-state index in [-0.39, 0.29) is 5.78 Å². The van der Waals surface area contributed by atoms with Crippen molar-refractivity contribution in [1.29, 1.82) is 5.26 Å². The summed E-state index contributed by atoms with van der Waals surface area (Å²) in [6.07, 6.45) is 2.25. The third kappa shape index (κ3) is 2.48. The maximum Gasteiger partial charge on any atom is 0.150 e. The largest absolute Gasteiger partial charge is 0.298 e. The first-order chi connectivity index (χ1) is 7.39. The minimum atomic E-state index is -0.962. The van der Waals surface area contributed by atoms with Crippen molar-refractivity contribution in [2.45, 2.75) is 40.2 Å². The van der Waals surface area contributed by atoms with E-state index < -0.39 is 5.41 Å². The second-order valence-electron chi connectivity index (χ2n) is 4.56. The Balaban J connectivity index is 2.88. The van der Waals surface area contributed by atoms with Gasteiger partial charge in [0.25, 0.3) is 0 Å². The summed E-state index contributed by atoms with van der Waals surface area (Å²) < 4.78 is 1.83. The number of rotatable bonds is 4. The van der Waals surface area contributed by atoms with Gasteiger partial charge in [-0.2, -0.15) is 10.4 Å². The molecule has 86 valence electrons. The highest BCUT2D eigenvalue weighted by Gasteiger charge is 2.30. The Kier molecular flexibility index (Phi) is 3.48. The molecule has 0 radical (unpaired) electrons. The first kappa shape index (κ1) is 12.4. The van der Waals surface area contributed by atoms with E-state index >= 15 is 0 Å². The lowest BCUT2D eigenvalue weighted by molar-refractivity contribution is -0.123. The Morgan fingerprint density at radius 3 is 2.69 bits per heavy atom. The summed E-state index contributed by atoms with van der Waals surface area (Å²) in [5.74, 6) is -0.117. The van der Waals surface area contributed by atoms with Crippen molar-refractivity contribution >= 4 is 5.78 Å². The minimum Gasteiger partial charge on any atom is -0.298 e. The molecule has 1 atom stereocenters. The number of carbonyl (C=O) groups is 1. The molecule has 0 spiro atoms. The highest BCUT2D eigenvalue weighted by Crippen LogP contribution is 2.22. The highest BCUT2D eigenvalue weighted by molar-refractivity contribution is 5.84. The lowest BCUT2D eigenvalue weighted by Gasteiger charge is -2.15. The summed E-state index contributed by atoms with van der Waals surface area (Å²) in [5.41, 5.74) is -0.177. The van der Waals surface area contributed by atoms with Gasteiger partial charge in [-0.3, -0.25) is 9.48 Å². The molecule has 0 fully saturated rings. The van der Waals surface area contributed by atoms with Gasteiger partial charge in [-0.15, -0.1) is 0 Å². The monoisotopic (exact) mass is 219 g/mol. The first-order valence-electron chi connectivity index (χ1n) is 5.35. The predicted molar refractivity (Wildman–Crippen MR) is 60.7 cm³/mol. The molecule has 0 aliphatic carbocycles. The van der Waals surface area contributed by atoms with Crippen LogP contribution in [0.15, 0.2) is 12.3 Å². The normalized spacial score (nSPS) is 14.5. The number of hydrogen-bond donors (Lipinski definition) is 0. The SMILES string of the molecule is CC(=O)C(C)(C#N)Cc1ccn(C(C)C)n1. The minimum absolute atomic E-state index is 0.117. The lowest BCUT2D eigenvalue weighted by Crippen LogP contribution is -2.26. The predicted octanol–water partition coefficient (Wildman–Crippen LogP) is 2.13. The summed E-state index contributed by atoms with van der Waals surface area (Å²) in [6.45, 7) is 7.17. The molecule has 1 unspecified atom stereocenters. The number of aromatic nitrogens is 2. The van der Waals surface area contributed by atoms with Crippen molar-refractivity contribution in [1.82, 2.24) is 9.78 Å². The van der Waals surface area contributed by atoms with E-state index in [1.165, 1.54) is 6.92 Å². The zero-order valence-corrected chi connectivity index (χ0v) is 10.2. The Bertz CT molecular complexity index is 428. The lowest BCUT2D eigenvalue weighted by atomic mass is 9.83. The van der Waals surface area contributed by atoms with Crippen LogP contribution in [0.3, 0.4) is 0 Å². The summed E-state index contributed by atoms with van der Waals surface area (Å²) in [4.78, 5) is 11.4. The fraction of sp³-hybridized carbons (Fsp3) is 0.583. The maximum absolute atomic E-state index is 11.4. The molecule has 1 heterocycles. The summed E-state index contributed by atoms with van der Waals surface area (Å²) in [6, 6.07) is 4.22. The molecule has 0 saturated heterocycles. The number of nitriles is 1. The third-order valence-electron chi connectivity index (χ3n) is 2.75. The molecular formula is C12H17N3O. The van der Waals surface area contributed by atoms with Crippen molar-refractivity contribution in [3.63, 3.8) is 0 Å². The zero-order chi connectivity index (χ0) is 12.3. The van der Waals surface area contributed by atoms with Crippen LogP contribution in [0, 0.1) is 16.7 Å². The van der Waals surface area contributed by atoms with Crippen molar-refractivity contribution in [3.05, 3.63) is 18.0 Å². The third-order valence-corrected chi connectivity index (χ3v) is 2.75. The second-order valence-corrected chi connectivity index (χ2v) is 4.56. The summed E-state index contributed by atoms with van der Waals surface area (Å²) in [5, 5.41) is 13.4. The Morgan fingerprint density at radius 2 is 2.31 bits per heavy atom. The first-order valence-corrected chi connectivity index (χ1v) is 5.35. The van der Waals surface area contributed by atoms with Crippen molar-refractivity contribution in [3.8, 4) is 6.07 Å². The van der Waals surface area contributed by atoms with Crippen LogP contribution in [0.5, 0.6) is 0 Å². The highest BCUT2D eigenvalue weighted by atomic mass is 16.1. The zero-order valence-electron chi connectivity index (χ0n) is 10.2. The average molecular weight is 219 g/mol. The molecule has 0 amide bonds. The van der Waals surface area contributed by atoms with E-state index in [0.29, 0.717) is 12.5 Å². The fourth-order valence-corrected chi connectivity index (χ4v) is 1.36. The molecule has 1 rings (SSSR count). The maximum atomic E-state index is 11.4. The van der Waals surface area contributed by atoms with Gasteiger partial charge in [-0.05, 0) is 33.8 Å². The smallest absolute Gasteiger partial charge is 0.150 e. The number of ketones is 1. The van der Waals surface area contributed by atoms with Crippen LogP contribution >= 0.6 is 0 Å². The fourth-order valence-electron chi connectivity index (χ4n) is 1.36. The molecule has 0 aliphatic heterocycles. The van der Waals surface area contributed by atoms with E-state index in [2.05, 4.69) is 11.2 Å². The molecule has 0 aliphatic rings. The molecular weight excluding hydrogens is 202 g/mol. The van der Waals surface area contributed by atoms with E-state index in [4.69, 9.17) is 5.26 Å². The molecule has 0 N–H and O–H groups in total. The van der Waals surface area contributed by atoms with Crippen LogP contribution < -0.4 is 0 Å². The van der Waals surface area contributed by atoms with Gasteiger partial charge in [0.15, 0.2) is 0 Å². The van der Waals surface area contributed by atoms with Crippen molar-refractivity contribution < 1.29 is 4.79 Å². The topological polar surface area (TPSA) is 58.7 Å². The van der Waals surface area contributed by atoms with E-state index in [1.54, 1.807) is 6.92 Å². The van der Waals surface area contributed by atoms with Crippen molar-refractivity contribution in [2.75, 3.05) is 0 Å². The van der Waals surface area contributed by atoms with E-state index in [0.717, 1.165) is 5.69 Å². The molecule has 1 aromatic rings. The Labute approximate surface area is 95.9 Å². The summed E-state index contributed by atoms with van der Waals surface area (Å²) in [7, 11) is 0.